The molecule has 1 aliphatic rings. The van der Waals surface area contributed by atoms with Gasteiger partial charge in [-0.05, 0) is 43.3 Å². The van der Waals surface area contributed by atoms with Crippen molar-refractivity contribution < 1.29 is 37.8 Å². The Kier molecular flexibility index (Phi) is 8.81. The predicted octanol–water partition coefficient (Wildman–Crippen LogP) is 5.29. The van der Waals surface area contributed by atoms with Crippen LogP contribution in [-0.4, -0.2) is 58.4 Å². The number of carboxylic acids is 2. The van der Waals surface area contributed by atoms with Crippen LogP contribution in [0.1, 0.15) is 18.9 Å². The van der Waals surface area contributed by atoms with E-state index in [1.165, 1.54) is 56.3 Å². The zero-order valence-corrected chi connectivity index (χ0v) is 20.6. The minimum atomic E-state index is -4.40. The van der Waals surface area contributed by atoms with Crippen LogP contribution in [0.25, 0.3) is 0 Å². The van der Waals surface area contributed by atoms with E-state index in [4.69, 9.17) is 28.3 Å². The molecule has 1 unspecified atom stereocenters. The van der Waals surface area contributed by atoms with Crippen molar-refractivity contribution in [2.75, 3.05) is 24.4 Å². The fourth-order valence-electron chi connectivity index (χ4n) is 2.93. The number of hydrazone groups is 1. The van der Waals surface area contributed by atoms with E-state index in [0.717, 1.165) is 17.1 Å². The number of halogens is 5. The van der Waals surface area contributed by atoms with Crippen molar-refractivity contribution in [2.45, 2.75) is 25.1 Å². The molecule has 0 aliphatic carbocycles. The van der Waals surface area contributed by atoms with Gasteiger partial charge in [0.15, 0.2) is 5.54 Å². The van der Waals surface area contributed by atoms with Gasteiger partial charge in [-0.2, -0.15) is 18.3 Å². The average Bonchev–Trinajstić information content (AvgIpc) is 3.13. The van der Waals surface area contributed by atoms with Gasteiger partial charge in [-0.3, -0.25) is 0 Å². The third-order valence-corrected chi connectivity index (χ3v) is 5.43. The summed E-state index contributed by atoms with van der Waals surface area (Å²) in [7, 11) is 3.01. The summed E-state index contributed by atoms with van der Waals surface area (Å²) in [4.78, 5) is 34.9. The number of hydrogen-bond acceptors (Lipinski definition) is 5. The van der Waals surface area contributed by atoms with E-state index in [-0.39, 0.29) is 28.5 Å². The van der Waals surface area contributed by atoms with Crippen molar-refractivity contribution >= 4 is 58.3 Å². The van der Waals surface area contributed by atoms with E-state index in [1.54, 1.807) is 0 Å². The molecule has 36 heavy (non-hydrogen) atoms. The topological polar surface area (TPSA) is 123 Å². The van der Waals surface area contributed by atoms with E-state index in [1.807, 2.05) is 0 Å². The molecule has 1 atom stereocenters. The standard InChI is InChI=1S/C12H10Cl2N2O4.C10H11F3N2O/c1-12(11(19)20)5-8(10(17)18)15-16(12)9-3-2-6(13)4-7(9)14;1-15(2)9(16)14-8-5-3-4-7(6-8)10(11,12)13/h2-4H,5H2,1H3,(H,17,18)(H,19,20);3-6H,1-2H3,(H,14,16). The van der Waals surface area contributed by atoms with E-state index >= 15 is 0 Å². The van der Waals surface area contributed by atoms with Crippen LogP contribution in [0, 0.1) is 0 Å². The molecule has 194 valence electrons. The first-order chi connectivity index (χ1) is 16.6. The highest BCUT2D eigenvalue weighted by Crippen LogP contribution is 2.38. The first-order valence-corrected chi connectivity index (χ1v) is 10.8. The Bertz CT molecular complexity index is 1210. The van der Waals surface area contributed by atoms with Crippen LogP contribution < -0.4 is 10.3 Å². The van der Waals surface area contributed by atoms with Crippen molar-refractivity contribution in [3.8, 4) is 0 Å². The molecule has 3 rings (SSSR count). The summed E-state index contributed by atoms with van der Waals surface area (Å²) in [6.07, 6.45) is -4.63. The minimum absolute atomic E-state index is 0.119. The van der Waals surface area contributed by atoms with Crippen molar-refractivity contribution in [3.05, 3.63) is 58.1 Å². The number of carbonyl (C=O) groups excluding carboxylic acids is 1. The van der Waals surface area contributed by atoms with Gasteiger partial charge < -0.3 is 20.4 Å². The molecule has 1 aliphatic heterocycles. The lowest BCUT2D eigenvalue weighted by molar-refractivity contribution is -0.142. The second-order valence-electron chi connectivity index (χ2n) is 7.92. The quantitative estimate of drug-likeness (QED) is 0.477. The predicted molar refractivity (Wildman–Crippen MR) is 129 cm³/mol. The Hall–Kier alpha value is -3.51. The second-order valence-corrected chi connectivity index (χ2v) is 8.76. The van der Waals surface area contributed by atoms with Gasteiger partial charge in [0.25, 0.3) is 0 Å². The summed E-state index contributed by atoms with van der Waals surface area (Å²) in [5.74, 6) is -2.45. The number of anilines is 2. The summed E-state index contributed by atoms with van der Waals surface area (Å²) in [5, 5.41) is 26.3. The number of rotatable bonds is 4. The van der Waals surface area contributed by atoms with Crippen LogP contribution in [0.2, 0.25) is 10.0 Å². The Morgan fingerprint density at radius 3 is 2.25 bits per heavy atom. The molecule has 2 aromatic rings. The second kappa shape index (κ2) is 11.0. The van der Waals surface area contributed by atoms with Gasteiger partial charge in [0.1, 0.15) is 5.71 Å². The minimum Gasteiger partial charge on any atom is -0.479 e. The van der Waals surface area contributed by atoms with Crippen LogP contribution in [0.4, 0.5) is 29.3 Å². The molecule has 2 aromatic carbocycles. The summed E-state index contributed by atoms with van der Waals surface area (Å²) in [6, 6.07) is 8.48. The van der Waals surface area contributed by atoms with Gasteiger partial charge in [-0.15, -0.1) is 0 Å². The number of benzene rings is 2. The Morgan fingerprint density at radius 2 is 1.75 bits per heavy atom. The zero-order valence-electron chi connectivity index (χ0n) is 19.1. The number of carbonyl (C=O) groups is 3. The molecule has 0 saturated carbocycles. The third-order valence-electron chi connectivity index (χ3n) is 4.89. The number of alkyl halides is 3. The first-order valence-electron chi connectivity index (χ1n) is 10.0. The summed E-state index contributed by atoms with van der Waals surface area (Å²) in [6.45, 7) is 1.39. The van der Waals surface area contributed by atoms with Gasteiger partial charge in [-0.1, -0.05) is 29.3 Å². The van der Waals surface area contributed by atoms with E-state index in [2.05, 4.69) is 10.4 Å². The average molecular weight is 549 g/mol. The van der Waals surface area contributed by atoms with Crippen molar-refractivity contribution in [3.63, 3.8) is 0 Å². The molecule has 0 radical (unpaired) electrons. The van der Waals surface area contributed by atoms with E-state index in [9.17, 15) is 32.7 Å². The molecule has 0 spiro atoms. The number of nitrogens with one attached hydrogen (secondary N) is 1. The number of urea groups is 1. The monoisotopic (exact) mass is 548 g/mol. The van der Waals surface area contributed by atoms with Crippen molar-refractivity contribution in [1.29, 1.82) is 0 Å². The lowest BCUT2D eigenvalue weighted by atomic mass is 9.95. The molecule has 1 heterocycles. The molecule has 0 fully saturated rings. The first kappa shape index (κ1) is 28.7. The molecular weight excluding hydrogens is 528 g/mol. The highest BCUT2D eigenvalue weighted by atomic mass is 35.5. The van der Waals surface area contributed by atoms with Gasteiger partial charge >= 0.3 is 24.1 Å². The van der Waals surface area contributed by atoms with E-state index < -0.39 is 35.2 Å². The van der Waals surface area contributed by atoms with Crippen LogP contribution in [-0.2, 0) is 15.8 Å². The van der Waals surface area contributed by atoms with Crippen molar-refractivity contribution in [1.82, 2.24) is 4.90 Å². The normalized spacial score (nSPS) is 17.0. The van der Waals surface area contributed by atoms with Gasteiger partial charge in [0.2, 0.25) is 0 Å². The molecule has 2 amide bonds. The molecule has 14 heteroatoms. The summed E-state index contributed by atoms with van der Waals surface area (Å²) >= 11 is 11.8. The molecule has 3 N–H and O–H groups in total. The van der Waals surface area contributed by atoms with Crippen LogP contribution in [0.5, 0.6) is 0 Å². The number of carboxylic acid groups (broad SMARTS) is 2. The molecule has 0 bridgehead atoms. The van der Waals surface area contributed by atoms with Gasteiger partial charge in [-0.25, -0.2) is 19.4 Å². The number of aliphatic carboxylic acids is 2. The van der Waals surface area contributed by atoms with Crippen LogP contribution in [0.15, 0.2) is 47.6 Å². The highest BCUT2D eigenvalue weighted by molar-refractivity contribution is 6.38. The molecule has 0 saturated heterocycles. The molecule has 9 nitrogen and oxygen atoms in total. The van der Waals surface area contributed by atoms with Crippen LogP contribution in [0.3, 0.4) is 0 Å². The third kappa shape index (κ3) is 6.79. The largest absolute Gasteiger partial charge is 0.479 e. The Balaban J connectivity index is 0.000000261. The van der Waals surface area contributed by atoms with Crippen molar-refractivity contribution in [2.24, 2.45) is 5.10 Å². The Labute approximate surface area is 213 Å². The maximum Gasteiger partial charge on any atom is 0.416 e. The SMILES string of the molecule is CC1(C(=O)O)CC(C(=O)O)=NN1c1ccc(Cl)cc1Cl.CN(C)C(=O)Nc1cccc(C(F)(F)F)c1. The smallest absolute Gasteiger partial charge is 0.416 e. The fraction of sp³-hybridized carbons (Fsp3) is 0.273. The molecular formula is C22H21Cl2F3N4O5. The maximum atomic E-state index is 12.3. The van der Waals surface area contributed by atoms with Crippen LogP contribution >= 0.6 is 23.2 Å². The summed E-state index contributed by atoms with van der Waals surface area (Å²) < 4.78 is 37.0. The zero-order chi connectivity index (χ0) is 27.4. The Morgan fingerprint density at radius 1 is 1.11 bits per heavy atom. The molecule has 0 aromatic heterocycles. The lowest BCUT2D eigenvalue weighted by Crippen LogP contribution is -2.47. The lowest BCUT2D eigenvalue weighted by Gasteiger charge is -2.30. The number of hydrogen-bond donors (Lipinski definition) is 3. The fourth-order valence-corrected chi connectivity index (χ4v) is 3.42. The van der Waals surface area contributed by atoms with E-state index in [0.29, 0.717) is 5.02 Å². The number of amides is 2. The number of nitrogens with zero attached hydrogens (tertiary/aromatic N) is 3. The van der Waals surface area contributed by atoms with Gasteiger partial charge in [0, 0.05) is 31.2 Å². The van der Waals surface area contributed by atoms with Gasteiger partial charge in [0.05, 0.1) is 16.3 Å². The highest BCUT2D eigenvalue weighted by Gasteiger charge is 2.48. The summed E-state index contributed by atoms with van der Waals surface area (Å²) in [5.41, 5.74) is -2.12. The maximum absolute atomic E-state index is 12.3.